The Bertz CT molecular complexity index is 1440. The van der Waals surface area contributed by atoms with E-state index in [1.807, 2.05) is 48.0 Å². The van der Waals surface area contributed by atoms with E-state index in [1.165, 1.54) is 4.90 Å². The molecule has 0 fully saturated rings. The summed E-state index contributed by atoms with van der Waals surface area (Å²) in [6, 6.07) is 16.2. The van der Waals surface area contributed by atoms with Gasteiger partial charge in [-0.3, -0.25) is 19.3 Å². The fourth-order valence-electron chi connectivity index (χ4n) is 4.31. The number of benzene rings is 2. The molecule has 3 heterocycles. The van der Waals surface area contributed by atoms with Gasteiger partial charge in [-0.15, -0.1) is 0 Å². The van der Waals surface area contributed by atoms with Gasteiger partial charge in [-0.1, -0.05) is 18.2 Å². The summed E-state index contributed by atoms with van der Waals surface area (Å²) in [7, 11) is 1.54. The Morgan fingerprint density at radius 1 is 1.03 bits per heavy atom. The highest BCUT2D eigenvalue weighted by atomic mass is 16.5. The number of rotatable bonds is 7. The van der Waals surface area contributed by atoms with Gasteiger partial charge in [0.25, 0.3) is 11.8 Å². The van der Waals surface area contributed by atoms with Gasteiger partial charge in [-0.05, 0) is 55.3 Å². The molecule has 2 aromatic carbocycles. The zero-order valence-corrected chi connectivity index (χ0v) is 19.4. The SMILES string of the molecule is COc1ccc(-c2cn3cccc(C)c3n2)cc1NC(=O)CCCN1C(=O)c2ccccc2C1=O. The van der Waals surface area contributed by atoms with Crippen molar-refractivity contribution in [3.63, 3.8) is 0 Å². The maximum atomic E-state index is 12.7. The van der Waals surface area contributed by atoms with E-state index in [0.29, 0.717) is 29.0 Å². The van der Waals surface area contributed by atoms with Crippen LogP contribution in [-0.2, 0) is 4.79 Å². The van der Waals surface area contributed by atoms with Crippen LogP contribution in [0.3, 0.4) is 0 Å². The van der Waals surface area contributed by atoms with Crippen molar-refractivity contribution in [2.24, 2.45) is 0 Å². The van der Waals surface area contributed by atoms with E-state index in [9.17, 15) is 14.4 Å². The number of aromatic nitrogens is 2. The number of nitrogens with zero attached hydrogens (tertiary/aromatic N) is 3. The van der Waals surface area contributed by atoms with Crippen LogP contribution in [0.5, 0.6) is 5.75 Å². The topological polar surface area (TPSA) is 93.0 Å². The normalized spacial score (nSPS) is 12.8. The van der Waals surface area contributed by atoms with Gasteiger partial charge < -0.3 is 14.5 Å². The summed E-state index contributed by atoms with van der Waals surface area (Å²) in [6.45, 7) is 2.19. The van der Waals surface area contributed by atoms with Crippen molar-refractivity contribution in [1.29, 1.82) is 0 Å². The Balaban J connectivity index is 1.26. The Morgan fingerprint density at radius 2 is 1.77 bits per heavy atom. The Kier molecular flexibility index (Phi) is 5.78. The van der Waals surface area contributed by atoms with Gasteiger partial charge in [0.15, 0.2) is 0 Å². The number of imide groups is 1. The number of hydrogen-bond acceptors (Lipinski definition) is 5. The number of imidazole rings is 1. The van der Waals surface area contributed by atoms with Crippen LogP contribution in [0.2, 0.25) is 0 Å². The molecular formula is C27H24N4O4. The smallest absolute Gasteiger partial charge is 0.261 e. The summed E-state index contributed by atoms with van der Waals surface area (Å²) >= 11 is 0. The average molecular weight is 469 g/mol. The summed E-state index contributed by atoms with van der Waals surface area (Å²) in [4.78, 5) is 43.6. The molecule has 3 amide bonds. The zero-order chi connectivity index (χ0) is 24.5. The first-order chi connectivity index (χ1) is 17.0. The first kappa shape index (κ1) is 22.3. The predicted molar refractivity (Wildman–Crippen MR) is 132 cm³/mol. The van der Waals surface area contributed by atoms with Crippen LogP contribution in [0.1, 0.15) is 39.1 Å². The van der Waals surface area contributed by atoms with Gasteiger partial charge in [0.2, 0.25) is 5.91 Å². The third-order valence-corrected chi connectivity index (χ3v) is 6.11. The van der Waals surface area contributed by atoms with E-state index in [0.717, 1.165) is 22.5 Å². The average Bonchev–Trinajstić information content (AvgIpc) is 3.41. The number of fused-ring (bicyclic) bond motifs is 2. The van der Waals surface area contributed by atoms with Gasteiger partial charge in [-0.25, -0.2) is 4.98 Å². The summed E-state index contributed by atoms with van der Waals surface area (Å²) < 4.78 is 7.39. The molecule has 0 saturated heterocycles. The van der Waals surface area contributed by atoms with Crippen LogP contribution in [-0.4, -0.2) is 45.7 Å². The van der Waals surface area contributed by atoms with Crippen molar-refractivity contribution in [1.82, 2.24) is 14.3 Å². The second kappa shape index (κ2) is 9.06. The van der Waals surface area contributed by atoms with Gasteiger partial charge in [0.1, 0.15) is 11.4 Å². The molecule has 2 aromatic heterocycles. The largest absolute Gasteiger partial charge is 0.495 e. The van der Waals surface area contributed by atoms with Crippen molar-refractivity contribution in [3.05, 3.63) is 83.7 Å². The maximum Gasteiger partial charge on any atom is 0.261 e. The lowest BCUT2D eigenvalue weighted by Crippen LogP contribution is -2.31. The van der Waals surface area contributed by atoms with Crippen molar-refractivity contribution in [3.8, 4) is 17.0 Å². The molecule has 0 aliphatic carbocycles. The summed E-state index contributed by atoms with van der Waals surface area (Å²) in [5.41, 5.74) is 4.91. The number of amides is 3. The number of hydrogen-bond donors (Lipinski definition) is 1. The molecule has 8 nitrogen and oxygen atoms in total. The van der Waals surface area contributed by atoms with Crippen LogP contribution in [0.25, 0.3) is 16.9 Å². The highest BCUT2D eigenvalue weighted by Gasteiger charge is 2.34. The minimum atomic E-state index is -0.317. The lowest BCUT2D eigenvalue weighted by atomic mass is 10.1. The molecular weight excluding hydrogens is 444 g/mol. The second-order valence-electron chi connectivity index (χ2n) is 8.42. The number of methoxy groups -OCH3 is 1. The summed E-state index contributed by atoms with van der Waals surface area (Å²) in [5.74, 6) is -0.337. The second-order valence-corrected chi connectivity index (χ2v) is 8.42. The highest BCUT2D eigenvalue weighted by Crippen LogP contribution is 2.31. The molecule has 0 bridgehead atoms. The van der Waals surface area contributed by atoms with Crippen LogP contribution < -0.4 is 10.1 Å². The minimum absolute atomic E-state index is 0.147. The molecule has 0 saturated carbocycles. The van der Waals surface area contributed by atoms with Gasteiger partial charge in [0, 0.05) is 30.9 Å². The molecule has 1 N–H and O–H groups in total. The maximum absolute atomic E-state index is 12.7. The molecule has 1 aliphatic rings. The van der Waals surface area contributed by atoms with Gasteiger partial charge in [-0.2, -0.15) is 0 Å². The quantitative estimate of drug-likeness (QED) is 0.408. The van der Waals surface area contributed by atoms with Crippen molar-refractivity contribution in [2.45, 2.75) is 19.8 Å². The van der Waals surface area contributed by atoms with Crippen LogP contribution in [0, 0.1) is 6.92 Å². The number of nitrogens with one attached hydrogen (secondary N) is 1. The lowest BCUT2D eigenvalue weighted by molar-refractivity contribution is -0.116. The van der Waals surface area contributed by atoms with Gasteiger partial charge in [0.05, 0.1) is 29.6 Å². The van der Waals surface area contributed by atoms with Crippen LogP contribution >= 0.6 is 0 Å². The van der Waals surface area contributed by atoms with Crippen LogP contribution in [0.4, 0.5) is 5.69 Å². The van der Waals surface area contributed by atoms with Gasteiger partial charge >= 0.3 is 0 Å². The van der Waals surface area contributed by atoms with E-state index in [2.05, 4.69) is 5.32 Å². The molecule has 0 unspecified atom stereocenters. The number of pyridine rings is 1. The first-order valence-electron chi connectivity index (χ1n) is 11.3. The number of anilines is 1. The summed E-state index contributed by atoms with van der Waals surface area (Å²) in [5, 5.41) is 2.89. The van der Waals surface area contributed by atoms with Crippen molar-refractivity contribution >= 4 is 29.1 Å². The third-order valence-electron chi connectivity index (χ3n) is 6.11. The first-order valence-corrected chi connectivity index (χ1v) is 11.3. The molecule has 5 rings (SSSR count). The molecule has 0 radical (unpaired) electrons. The standard InChI is InChI=1S/C27H24N4O4/c1-17-7-5-13-30-16-22(29-25(17)30)18-11-12-23(35-2)21(15-18)28-24(32)10-6-14-31-26(33)19-8-3-4-9-20(19)27(31)34/h3-5,7-9,11-13,15-16H,6,10,14H2,1-2H3,(H,28,32). The van der Waals surface area contributed by atoms with Crippen LogP contribution in [0.15, 0.2) is 67.0 Å². The summed E-state index contributed by atoms with van der Waals surface area (Å²) in [6.07, 6.45) is 4.39. The Hall–Kier alpha value is -4.46. The number of ether oxygens (including phenoxy) is 1. The van der Waals surface area contributed by atoms with E-state index >= 15 is 0 Å². The number of carbonyl (C=O) groups is 3. The van der Waals surface area contributed by atoms with E-state index in [4.69, 9.17) is 9.72 Å². The highest BCUT2D eigenvalue weighted by molar-refractivity contribution is 6.21. The monoisotopic (exact) mass is 468 g/mol. The Labute approximate surface area is 202 Å². The Morgan fingerprint density at radius 3 is 2.46 bits per heavy atom. The molecule has 0 spiro atoms. The minimum Gasteiger partial charge on any atom is -0.495 e. The molecule has 0 atom stereocenters. The number of aryl methyl sites for hydroxylation is 1. The predicted octanol–water partition coefficient (Wildman–Crippen LogP) is 4.33. The lowest BCUT2D eigenvalue weighted by Gasteiger charge is -2.14. The fourth-order valence-corrected chi connectivity index (χ4v) is 4.31. The zero-order valence-electron chi connectivity index (χ0n) is 19.4. The number of carbonyl (C=O) groups excluding carboxylic acids is 3. The molecule has 176 valence electrons. The molecule has 1 aliphatic heterocycles. The fraction of sp³-hybridized carbons (Fsp3) is 0.185. The van der Waals surface area contributed by atoms with E-state index in [1.54, 1.807) is 37.4 Å². The van der Waals surface area contributed by atoms with E-state index < -0.39 is 0 Å². The van der Waals surface area contributed by atoms with Crippen molar-refractivity contribution < 1.29 is 19.1 Å². The molecule has 8 heteroatoms. The van der Waals surface area contributed by atoms with E-state index in [-0.39, 0.29) is 30.7 Å². The van der Waals surface area contributed by atoms with Crippen molar-refractivity contribution in [2.75, 3.05) is 19.0 Å². The third kappa shape index (κ3) is 4.14. The molecule has 4 aromatic rings. The molecule has 35 heavy (non-hydrogen) atoms.